The summed E-state index contributed by atoms with van der Waals surface area (Å²) in [6.07, 6.45) is 1.56. The molecular weight excluding hydrogens is 272 g/mol. The summed E-state index contributed by atoms with van der Waals surface area (Å²) in [5, 5.41) is 0. The van der Waals surface area contributed by atoms with E-state index in [0.717, 1.165) is 22.6 Å². The van der Waals surface area contributed by atoms with Gasteiger partial charge in [-0.1, -0.05) is 38.3 Å². The van der Waals surface area contributed by atoms with Crippen LogP contribution in [0.25, 0.3) is 0 Å². The van der Waals surface area contributed by atoms with Crippen LogP contribution in [0.4, 0.5) is 0 Å². The lowest BCUT2D eigenvalue weighted by Crippen LogP contribution is -2.27. The minimum atomic E-state index is -3.07. The molecule has 2 nitrogen and oxygen atoms in total. The summed E-state index contributed by atoms with van der Waals surface area (Å²) in [5.41, 5.74) is 0. The van der Waals surface area contributed by atoms with Crippen molar-refractivity contribution >= 4 is 44.0 Å². The SMILES string of the molecule is CCC(CS(=O)(=O)CC(CC)C(C)=S)C(C)=S. The van der Waals surface area contributed by atoms with Crippen LogP contribution in [0.1, 0.15) is 40.5 Å². The largest absolute Gasteiger partial charge is 0.229 e. The fraction of sp³-hybridized carbons (Fsp3) is 0.833. The van der Waals surface area contributed by atoms with Crippen molar-refractivity contribution in [2.45, 2.75) is 40.5 Å². The Morgan fingerprint density at radius 3 is 1.41 bits per heavy atom. The molecule has 0 spiro atoms. The van der Waals surface area contributed by atoms with E-state index in [2.05, 4.69) is 0 Å². The Morgan fingerprint density at radius 2 is 1.24 bits per heavy atom. The Hall–Kier alpha value is 0.130. The summed E-state index contributed by atoms with van der Waals surface area (Å²) in [6.45, 7) is 7.58. The molecule has 2 atom stereocenters. The summed E-state index contributed by atoms with van der Waals surface area (Å²) in [7, 11) is -3.07. The van der Waals surface area contributed by atoms with Gasteiger partial charge in [-0.25, -0.2) is 8.42 Å². The van der Waals surface area contributed by atoms with Crippen molar-refractivity contribution in [2.75, 3.05) is 11.5 Å². The summed E-state index contributed by atoms with van der Waals surface area (Å²) in [6, 6.07) is 0. The predicted octanol–water partition coefficient (Wildman–Crippen LogP) is 3.23. The highest BCUT2D eigenvalue weighted by Gasteiger charge is 2.23. The Balaban J connectivity index is 4.68. The third-order valence-corrected chi connectivity index (χ3v) is 5.53. The van der Waals surface area contributed by atoms with Crippen molar-refractivity contribution in [1.82, 2.24) is 0 Å². The molecule has 0 saturated carbocycles. The number of hydrogen-bond donors (Lipinski definition) is 0. The van der Waals surface area contributed by atoms with Gasteiger partial charge in [0.2, 0.25) is 0 Å². The molecule has 100 valence electrons. The van der Waals surface area contributed by atoms with Crippen LogP contribution in [-0.4, -0.2) is 29.7 Å². The van der Waals surface area contributed by atoms with E-state index in [9.17, 15) is 8.42 Å². The third kappa shape index (κ3) is 6.58. The maximum absolute atomic E-state index is 12.1. The molecule has 0 aromatic carbocycles. The molecule has 0 N–H and O–H groups in total. The van der Waals surface area contributed by atoms with Crippen LogP contribution < -0.4 is 0 Å². The molecule has 0 aromatic rings. The zero-order chi connectivity index (χ0) is 13.6. The van der Waals surface area contributed by atoms with Gasteiger partial charge in [0.05, 0.1) is 11.5 Å². The molecule has 0 saturated heterocycles. The molecule has 0 rings (SSSR count). The second-order valence-corrected chi connectivity index (χ2v) is 7.95. The van der Waals surface area contributed by atoms with Gasteiger partial charge in [-0.15, -0.1) is 0 Å². The summed E-state index contributed by atoms with van der Waals surface area (Å²) < 4.78 is 24.1. The minimum Gasteiger partial charge on any atom is -0.229 e. The van der Waals surface area contributed by atoms with Gasteiger partial charge >= 0.3 is 0 Å². The zero-order valence-electron chi connectivity index (χ0n) is 11.0. The molecule has 0 bridgehead atoms. The van der Waals surface area contributed by atoms with Gasteiger partial charge < -0.3 is 0 Å². The van der Waals surface area contributed by atoms with E-state index in [4.69, 9.17) is 24.4 Å². The summed E-state index contributed by atoms with van der Waals surface area (Å²) in [4.78, 5) is 1.56. The average molecular weight is 295 g/mol. The first kappa shape index (κ1) is 17.1. The Bertz CT molecular complexity index is 341. The number of thiocarbonyl (C=S) groups is 2. The van der Waals surface area contributed by atoms with Crippen LogP contribution in [-0.2, 0) is 9.84 Å². The topological polar surface area (TPSA) is 34.1 Å². The van der Waals surface area contributed by atoms with Crippen LogP contribution in [0.15, 0.2) is 0 Å². The second kappa shape index (κ2) is 7.54. The highest BCUT2D eigenvalue weighted by molar-refractivity contribution is 7.91. The van der Waals surface area contributed by atoms with Crippen molar-refractivity contribution < 1.29 is 8.42 Å². The van der Waals surface area contributed by atoms with Gasteiger partial charge in [0.15, 0.2) is 9.84 Å². The fourth-order valence-corrected chi connectivity index (χ4v) is 4.77. The first-order valence-corrected chi connectivity index (χ1v) is 8.58. The summed E-state index contributed by atoms with van der Waals surface area (Å²) >= 11 is 10.2. The standard InChI is InChI=1S/C12H22O2S3/c1-5-11(9(3)15)7-17(13,14)8-12(6-2)10(4)16/h11-12H,5-8H2,1-4H3. The first-order chi connectivity index (χ1) is 7.73. The molecule has 0 amide bonds. The van der Waals surface area contributed by atoms with Gasteiger partial charge in [-0.3, -0.25) is 0 Å². The lowest BCUT2D eigenvalue weighted by Gasteiger charge is -2.17. The molecule has 17 heavy (non-hydrogen) atoms. The van der Waals surface area contributed by atoms with Gasteiger partial charge in [-0.2, -0.15) is 0 Å². The molecule has 5 heteroatoms. The molecule has 0 aliphatic carbocycles. The van der Waals surface area contributed by atoms with E-state index in [-0.39, 0.29) is 23.3 Å². The van der Waals surface area contributed by atoms with Crippen LogP contribution in [0.3, 0.4) is 0 Å². The van der Waals surface area contributed by atoms with Crippen LogP contribution >= 0.6 is 24.4 Å². The molecule has 0 heterocycles. The smallest absolute Gasteiger partial charge is 0.151 e. The molecule has 0 aliphatic rings. The van der Waals surface area contributed by atoms with E-state index in [1.54, 1.807) is 0 Å². The lowest BCUT2D eigenvalue weighted by atomic mass is 10.1. The first-order valence-electron chi connectivity index (χ1n) is 5.94. The quantitative estimate of drug-likeness (QED) is 0.644. The van der Waals surface area contributed by atoms with Crippen molar-refractivity contribution in [3.05, 3.63) is 0 Å². The van der Waals surface area contributed by atoms with Crippen molar-refractivity contribution in [2.24, 2.45) is 11.8 Å². The van der Waals surface area contributed by atoms with Gasteiger partial charge in [0.1, 0.15) is 0 Å². The van der Waals surface area contributed by atoms with E-state index in [0.29, 0.717) is 0 Å². The van der Waals surface area contributed by atoms with Crippen LogP contribution in [0.5, 0.6) is 0 Å². The highest BCUT2D eigenvalue weighted by atomic mass is 32.2. The van der Waals surface area contributed by atoms with Gasteiger partial charge in [0.25, 0.3) is 0 Å². The Labute approximate surface area is 116 Å². The third-order valence-electron chi connectivity index (χ3n) is 3.05. The van der Waals surface area contributed by atoms with E-state index in [1.807, 2.05) is 27.7 Å². The summed E-state index contributed by atoms with van der Waals surface area (Å²) in [5.74, 6) is 0.325. The zero-order valence-corrected chi connectivity index (χ0v) is 13.5. The number of rotatable bonds is 8. The maximum atomic E-state index is 12.1. The van der Waals surface area contributed by atoms with Crippen molar-refractivity contribution in [3.63, 3.8) is 0 Å². The lowest BCUT2D eigenvalue weighted by molar-refractivity contribution is 0.575. The van der Waals surface area contributed by atoms with Crippen LogP contribution in [0, 0.1) is 11.8 Å². The minimum absolute atomic E-state index is 0.00191. The highest BCUT2D eigenvalue weighted by Crippen LogP contribution is 2.15. The molecule has 0 fully saturated rings. The predicted molar refractivity (Wildman–Crippen MR) is 82.8 cm³/mol. The van der Waals surface area contributed by atoms with E-state index >= 15 is 0 Å². The van der Waals surface area contributed by atoms with Gasteiger partial charge in [-0.05, 0) is 36.4 Å². The molecular formula is C12H22O2S3. The van der Waals surface area contributed by atoms with E-state index < -0.39 is 9.84 Å². The maximum Gasteiger partial charge on any atom is 0.151 e. The Kier molecular flexibility index (Phi) is 7.60. The van der Waals surface area contributed by atoms with E-state index in [1.165, 1.54) is 0 Å². The molecule has 0 aromatic heterocycles. The van der Waals surface area contributed by atoms with Crippen molar-refractivity contribution in [3.8, 4) is 0 Å². The number of sulfone groups is 1. The molecule has 0 radical (unpaired) electrons. The monoisotopic (exact) mass is 294 g/mol. The number of hydrogen-bond acceptors (Lipinski definition) is 4. The Morgan fingerprint density at radius 1 is 0.941 bits per heavy atom. The van der Waals surface area contributed by atoms with Crippen LogP contribution in [0.2, 0.25) is 0 Å². The molecule has 0 aliphatic heterocycles. The fourth-order valence-electron chi connectivity index (χ4n) is 1.73. The normalized spacial score (nSPS) is 15.3. The second-order valence-electron chi connectivity index (χ2n) is 4.51. The average Bonchev–Trinajstić information content (AvgIpc) is 2.22. The van der Waals surface area contributed by atoms with Gasteiger partial charge in [0, 0.05) is 11.8 Å². The van der Waals surface area contributed by atoms with Crippen molar-refractivity contribution in [1.29, 1.82) is 0 Å². The molecule has 2 unspecified atom stereocenters.